The van der Waals surface area contributed by atoms with E-state index in [0.29, 0.717) is 0 Å². The van der Waals surface area contributed by atoms with Gasteiger partial charge in [-0.05, 0) is 13.0 Å². The van der Waals surface area contributed by atoms with E-state index in [1.807, 2.05) is 30.3 Å². The Labute approximate surface area is 97.9 Å². The van der Waals surface area contributed by atoms with Gasteiger partial charge in [0.2, 0.25) is 0 Å². The van der Waals surface area contributed by atoms with Crippen molar-refractivity contribution in [2.24, 2.45) is 0 Å². The van der Waals surface area contributed by atoms with E-state index in [-0.39, 0.29) is 27.7 Å². The smallest absolute Gasteiger partial charge is 0.547 e. The van der Waals surface area contributed by atoms with Gasteiger partial charge in [-0.2, -0.15) is 0 Å². The number of aliphatic hydroxyl groups is 1. The maximum Gasteiger partial charge on any atom is 1.00 e. The zero-order valence-corrected chi connectivity index (χ0v) is 12.9. The van der Waals surface area contributed by atoms with Gasteiger partial charge in [0.05, 0.1) is 12.1 Å². The van der Waals surface area contributed by atoms with Crippen LogP contribution in [0.5, 0.6) is 0 Å². The Kier molecular flexibility index (Phi) is 11.2. The van der Waals surface area contributed by atoms with Crippen molar-refractivity contribution < 1.29 is 42.7 Å². The van der Waals surface area contributed by atoms with Gasteiger partial charge in [0.15, 0.2) is 0 Å². The maximum atomic E-state index is 9.34. The van der Waals surface area contributed by atoms with Crippen LogP contribution in [-0.2, 0) is 32.5 Å². The molecule has 0 aromatic heterocycles. The van der Waals surface area contributed by atoms with Gasteiger partial charge in [0, 0.05) is 0 Å². The zero-order chi connectivity index (χ0) is 9.40. The molecule has 0 saturated carbocycles. The van der Waals surface area contributed by atoms with Crippen molar-refractivity contribution >= 4 is 5.97 Å². The van der Waals surface area contributed by atoms with E-state index in [4.69, 9.17) is 5.11 Å². The summed E-state index contributed by atoms with van der Waals surface area (Å²) in [5.74, 6) is -1.44. The third kappa shape index (κ3) is 11.6. The summed E-state index contributed by atoms with van der Waals surface area (Å²) in [6, 6.07) is 12.5. The van der Waals surface area contributed by atoms with Gasteiger partial charge in [-0.25, -0.2) is 0 Å². The summed E-state index contributed by atoms with van der Waals surface area (Å²) in [6.07, 6.45) is -1.34. The quantitative estimate of drug-likeness (QED) is 0.688. The number of aliphatic carboxylic acids is 1. The molecule has 13 heavy (non-hydrogen) atoms. The molecule has 0 heterocycles. The average Bonchev–Trinajstić information content (AvgIpc) is 2.08. The van der Waals surface area contributed by atoms with Gasteiger partial charge in [-0.15, -0.1) is 0 Å². The Morgan fingerprint density at radius 1 is 1.38 bits per heavy atom. The zero-order valence-electron chi connectivity index (χ0n) is 7.43. The number of hydrogen-bond donors (Lipinski definition) is 1. The van der Waals surface area contributed by atoms with Crippen molar-refractivity contribution in [3.05, 3.63) is 36.4 Å². The number of benzene rings is 1. The molecule has 1 aromatic carbocycles. The third-order valence-corrected chi connectivity index (χ3v) is 0.948. The second-order valence-corrected chi connectivity index (χ2v) is 2.07. The standard InChI is InChI=1S/C6H5.C3H6O3.Hg/c1-2-4-6-5-3-1;1-2(4)3(5)6;/h1-5H;2,4H,1H3,(H,5,6);/q;;+1/p-1/t;2-;/m.0./s1. The number of carbonyl (C=O) groups excluding carboxylic acids is 1. The molecule has 66 valence electrons. The predicted molar refractivity (Wildman–Crippen MR) is 42.0 cm³/mol. The molecule has 3 nitrogen and oxygen atoms in total. The minimum Gasteiger partial charge on any atom is -0.547 e. The van der Waals surface area contributed by atoms with E-state index in [9.17, 15) is 9.90 Å². The van der Waals surface area contributed by atoms with E-state index < -0.39 is 12.1 Å². The van der Waals surface area contributed by atoms with Crippen LogP contribution in [0.15, 0.2) is 30.3 Å². The second-order valence-electron chi connectivity index (χ2n) is 2.07. The van der Waals surface area contributed by atoms with Crippen LogP contribution in [0.3, 0.4) is 0 Å². The summed E-state index contributed by atoms with van der Waals surface area (Å²) >= 11 is 0. The topological polar surface area (TPSA) is 60.4 Å². The molecular weight excluding hydrogens is 357 g/mol. The van der Waals surface area contributed by atoms with Gasteiger partial charge in [0.25, 0.3) is 0 Å². The first kappa shape index (κ1) is 15.1. The van der Waals surface area contributed by atoms with Crippen LogP contribution in [0.4, 0.5) is 0 Å². The van der Waals surface area contributed by atoms with E-state index in [1.54, 1.807) is 0 Å². The van der Waals surface area contributed by atoms with Crippen LogP contribution in [0.2, 0.25) is 0 Å². The first-order valence-corrected chi connectivity index (χ1v) is 3.44. The van der Waals surface area contributed by atoms with Crippen LogP contribution >= 0.6 is 0 Å². The summed E-state index contributed by atoms with van der Waals surface area (Å²) < 4.78 is 0. The molecule has 0 saturated heterocycles. The maximum absolute atomic E-state index is 9.34. The molecule has 0 aliphatic heterocycles. The molecule has 1 N–H and O–H groups in total. The number of carbonyl (C=O) groups is 1. The number of carboxylic acids is 1. The van der Waals surface area contributed by atoms with E-state index >= 15 is 0 Å². The number of rotatable bonds is 1. The van der Waals surface area contributed by atoms with Crippen LogP contribution in [0.25, 0.3) is 0 Å². The van der Waals surface area contributed by atoms with Crippen LogP contribution in [-0.4, -0.2) is 17.2 Å². The van der Waals surface area contributed by atoms with Crippen LogP contribution in [0.1, 0.15) is 6.92 Å². The van der Waals surface area contributed by atoms with Crippen LogP contribution < -0.4 is 5.11 Å². The van der Waals surface area contributed by atoms with Crippen molar-refractivity contribution in [2.75, 3.05) is 0 Å². The van der Waals surface area contributed by atoms with Gasteiger partial charge in [-0.3, -0.25) is 0 Å². The van der Waals surface area contributed by atoms with Crippen molar-refractivity contribution in [1.29, 1.82) is 0 Å². The van der Waals surface area contributed by atoms with Crippen molar-refractivity contribution in [2.45, 2.75) is 13.0 Å². The molecule has 0 spiro atoms. The first-order chi connectivity index (χ1) is 5.64. The third-order valence-electron chi connectivity index (χ3n) is 0.948. The Morgan fingerprint density at radius 3 is 1.85 bits per heavy atom. The number of aliphatic hydroxyl groups excluding tert-OH is 1. The first-order valence-electron chi connectivity index (χ1n) is 3.44. The molecule has 0 aliphatic carbocycles. The predicted octanol–water partition coefficient (Wildman–Crippen LogP) is -0.399. The molecule has 0 amide bonds. The van der Waals surface area contributed by atoms with Crippen molar-refractivity contribution in [3.63, 3.8) is 0 Å². The fourth-order valence-electron chi connectivity index (χ4n) is 0.342. The van der Waals surface area contributed by atoms with E-state index in [0.717, 1.165) is 6.92 Å². The van der Waals surface area contributed by atoms with Gasteiger partial charge in [0.1, 0.15) is 0 Å². The Morgan fingerprint density at radius 2 is 1.77 bits per heavy atom. The summed E-state index contributed by atoms with van der Waals surface area (Å²) in [5, 5.41) is 17.3. The minimum atomic E-state index is -1.44. The molecule has 0 fully saturated rings. The molecule has 1 aromatic rings. The molecule has 1 rings (SSSR count). The van der Waals surface area contributed by atoms with Crippen molar-refractivity contribution in [1.82, 2.24) is 0 Å². The SMILES string of the molecule is C[C@H](O)C(=O)[O-].[Hg+].[c]1ccccc1. The monoisotopic (exact) mass is 368 g/mol. The molecular formula is C9H10HgO3. The molecule has 4 heteroatoms. The molecule has 0 unspecified atom stereocenters. The molecule has 2 radical (unpaired) electrons. The van der Waals surface area contributed by atoms with Crippen molar-refractivity contribution in [3.8, 4) is 0 Å². The number of hydrogen-bond acceptors (Lipinski definition) is 3. The van der Waals surface area contributed by atoms with Gasteiger partial charge >= 0.3 is 27.7 Å². The largest absolute Gasteiger partial charge is 1.00 e. The van der Waals surface area contributed by atoms with E-state index in [2.05, 4.69) is 6.07 Å². The Hall–Kier alpha value is -0.415. The summed E-state index contributed by atoms with van der Waals surface area (Å²) in [6.45, 7) is 1.13. The van der Waals surface area contributed by atoms with E-state index in [1.165, 1.54) is 0 Å². The summed E-state index contributed by atoms with van der Waals surface area (Å²) in [7, 11) is 0. The molecule has 0 bridgehead atoms. The average molecular weight is 367 g/mol. The normalized spacial score (nSPS) is 10.0. The van der Waals surface area contributed by atoms with Crippen LogP contribution in [0, 0.1) is 6.07 Å². The molecule has 0 aliphatic rings. The minimum absolute atomic E-state index is 0. The Balaban J connectivity index is 0. The van der Waals surface area contributed by atoms with Gasteiger partial charge in [-0.1, -0.05) is 30.3 Å². The van der Waals surface area contributed by atoms with Gasteiger partial charge < -0.3 is 15.0 Å². The fraction of sp³-hybridized carbons (Fsp3) is 0.222. The number of carboxylic acid groups (broad SMARTS) is 1. The summed E-state index contributed by atoms with van der Waals surface area (Å²) in [4.78, 5) is 9.34. The Bertz CT molecular complexity index is 185. The second kappa shape index (κ2) is 9.67. The molecule has 1 atom stereocenters. The fourth-order valence-corrected chi connectivity index (χ4v) is 0.342. The summed E-state index contributed by atoms with van der Waals surface area (Å²) in [5.41, 5.74) is 0.